The van der Waals surface area contributed by atoms with Crippen molar-refractivity contribution in [2.45, 2.75) is 26.7 Å². The topological polar surface area (TPSA) is 96.9 Å². The fourth-order valence-corrected chi connectivity index (χ4v) is 2.20. The van der Waals surface area contributed by atoms with Crippen molar-refractivity contribution < 1.29 is 4.74 Å². The maximum absolute atomic E-state index is 6.06. The molecule has 0 bridgehead atoms. The molecule has 2 aromatic rings. The van der Waals surface area contributed by atoms with Crippen LogP contribution in [-0.2, 0) is 7.05 Å². The number of hydrogen-bond donors (Lipinski definition) is 2. The van der Waals surface area contributed by atoms with E-state index in [9.17, 15) is 0 Å². The number of ether oxygens (including phenoxy) is 1. The Balaban J connectivity index is 2.69. The van der Waals surface area contributed by atoms with E-state index in [1.807, 2.05) is 27.8 Å². The molecule has 0 unspecified atom stereocenters. The van der Waals surface area contributed by atoms with Gasteiger partial charge in [0.1, 0.15) is 11.5 Å². The molecule has 0 atom stereocenters. The number of nitrogens with zero attached hydrogens (tertiary/aromatic N) is 4. The molecule has 0 saturated heterocycles. The van der Waals surface area contributed by atoms with E-state index in [4.69, 9.17) is 16.3 Å². The van der Waals surface area contributed by atoms with E-state index in [0.29, 0.717) is 17.4 Å². The molecule has 4 N–H and O–H groups in total. The smallest absolute Gasteiger partial charge is 0.221 e. The van der Waals surface area contributed by atoms with Crippen LogP contribution in [-0.4, -0.2) is 26.6 Å². The lowest BCUT2D eigenvalue weighted by molar-refractivity contribution is 0.374. The molecular formula is C12H20N6O. The van der Waals surface area contributed by atoms with E-state index in [-0.39, 0.29) is 5.92 Å². The summed E-state index contributed by atoms with van der Waals surface area (Å²) < 4.78 is 8.45. The van der Waals surface area contributed by atoms with Crippen LogP contribution >= 0.6 is 0 Å². The van der Waals surface area contributed by atoms with Gasteiger partial charge in [0.25, 0.3) is 0 Å². The Bertz CT molecular complexity index is 610. The fraction of sp³-hybridized carbons (Fsp3) is 0.500. The minimum Gasteiger partial charge on any atom is -0.481 e. The lowest BCUT2D eigenvalue weighted by atomic mass is 10.2. The molecule has 0 aliphatic carbocycles. The summed E-state index contributed by atoms with van der Waals surface area (Å²) in [4.78, 5) is 4.54. The highest BCUT2D eigenvalue weighted by Crippen LogP contribution is 2.36. The molecule has 0 saturated carbocycles. The predicted molar refractivity (Wildman–Crippen MR) is 74.4 cm³/mol. The fourth-order valence-electron chi connectivity index (χ4n) is 2.20. The summed E-state index contributed by atoms with van der Waals surface area (Å²) in [5.41, 5.74) is 8.27. The van der Waals surface area contributed by atoms with Gasteiger partial charge >= 0.3 is 0 Å². The highest BCUT2D eigenvalue weighted by Gasteiger charge is 2.24. The van der Waals surface area contributed by atoms with Crippen molar-refractivity contribution in [3.05, 3.63) is 11.5 Å². The van der Waals surface area contributed by atoms with E-state index in [1.54, 1.807) is 11.8 Å². The monoisotopic (exact) mass is 264 g/mol. The molecule has 0 amide bonds. The highest BCUT2D eigenvalue weighted by molar-refractivity contribution is 5.77. The zero-order valence-electron chi connectivity index (χ0n) is 11.9. The van der Waals surface area contributed by atoms with Crippen LogP contribution in [0.2, 0.25) is 0 Å². The Hall–Kier alpha value is -2.18. The summed E-state index contributed by atoms with van der Waals surface area (Å²) in [7, 11) is 3.41. The van der Waals surface area contributed by atoms with Gasteiger partial charge in [-0.05, 0) is 6.92 Å². The first-order valence-electron chi connectivity index (χ1n) is 6.09. The van der Waals surface area contributed by atoms with Gasteiger partial charge in [0.05, 0.1) is 18.4 Å². The largest absolute Gasteiger partial charge is 0.481 e. The number of nitrogens with two attached hydrogens (primary N) is 2. The summed E-state index contributed by atoms with van der Waals surface area (Å²) in [6.45, 7) is 5.92. The van der Waals surface area contributed by atoms with Crippen LogP contribution in [0.5, 0.6) is 5.88 Å². The Morgan fingerprint density at radius 2 is 1.95 bits per heavy atom. The van der Waals surface area contributed by atoms with E-state index in [0.717, 1.165) is 17.1 Å². The number of aryl methyl sites for hydroxylation is 2. The van der Waals surface area contributed by atoms with Gasteiger partial charge in [-0.25, -0.2) is 14.3 Å². The molecular weight excluding hydrogens is 244 g/mol. The number of methoxy groups -OCH3 is 1. The lowest BCUT2D eigenvalue weighted by Gasteiger charge is -2.04. The van der Waals surface area contributed by atoms with Gasteiger partial charge in [-0.1, -0.05) is 13.8 Å². The molecule has 0 radical (unpaired) electrons. The summed E-state index contributed by atoms with van der Waals surface area (Å²) in [6, 6.07) is 0. The first-order chi connectivity index (χ1) is 8.88. The molecule has 2 heterocycles. The van der Waals surface area contributed by atoms with Crippen LogP contribution < -0.4 is 16.3 Å². The van der Waals surface area contributed by atoms with Crippen LogP contribution in [0, 0.1) is 6.92 Å². The minimum absolute atomic E-state index is 0.184. The van der Waals surface area contributed by atoms with Crippen molar-refractivity contribution in [2.24, 2.45) is 7.05 Å². The van der Waals surface area contributed by atoms with Crippen molar-refractivity contribution in [2.75, 3.05) is 18.7 Å². The Kier molecular flexibility index (Phi) is 3.13. The highest BCUT2D eigenvalue weighted by atomic mass is 16.5. The Labute approximate surface area is 112 Å². The van der Waals surface area contributed by atoms with Crippen LogP contribution in [0.3, 0.4) is 0 Å². The Morgan fingerprint density at radius 1 is 1.32 bits per heavy atom. The van der Waals surface area contributed by atoms with Crippen LogP contribution in [0.1, 0.15) is 31.3 Å². The van der Waals surface area contributed by atoms with Crippen molar-refractivity contribution in [1.29, 1.82) is 0 Å². The van der Waals surface area contributed by atoms with E-state index >= 15 is 0 Å². The summed E-state index contributed by atoms with van der Waals surface area (Å²) in [6.07, 6.45) is 0. The van der Waals surface area contributed by atoms with Crippen molar-refractivity contribution in [3.8, 4) is 17.1 Å². The molecule has 104 valence electrons. The predicted octanol–water partition coefficient (Wildman–Crippen LogP) is 1.02. The number of nitrogen functional groups attached to an aromatic ring is 2. The number of hydrogen-bond acceptors (Lipinski definition) is 5. The first kappa shape index (κ1) is 13.3. The second kappa shape index (κ2) is 4.49. The van der Waals surface area contributed by atoms with E-state index in [2.05, 4.69) is 10.1 Å². The molecule has 0 aromatic carbocycles. The molecule has 2 aromatic heterocycles. The maximum Gasteiger partial charge on any atom is 0.221 e. The standard InChI is InChI=1S/C12H20N6O/c1-6(2)11-15-9(10(13)18(11)14)8-7(3)16-17(4)12(8)19-5/h6H,13-14H2,1-5H3. The van der Waals surface area contributed by atoms with Gasteiger partial charge in [-0.3, -0.25) is 0 Å². The van der Waals surface area contributed by atoms with Crippen molar-refractivity contribution >= 4 is 5.82 Å². The van der Waals surface area contributed by atoms with Gasteiger partial charge in [0.2, 0.25) is 5.88 Å². The van der Waals surface area contributed by atoms with Crippen LogP contribution in [0.15, 0.2) is 0 Å². The summed E-state index contributed by atoms with van der Waals surface area (Å²) >= 11 is 0. The van der Waals surface area contributed by atoms with Crippen LogP contribution in [0.25, 0.3) is 11.3 Å². The number of aromatic nitrogens is 4. The number of imidazole rings is 1. The molecule has 7 nitrogen and oxygen atoms in total. The number of anilines is 1. The molecule has 0 spiro atoms. The third kappa shape index (κ3) is 1.91. The Morgan fingerprint density at radius 3 is 2.42 bits per heavy atom. The van der Waals surface area contributed by atoms with Gasteiger partial charge in [-0.2, -0.15) is 5.10 Å². The zero-order valence-corrected chi connectivity index (χ0v) is 11.9. The second-order valence-corrected chi connectivity index (χ2v) is 4.82. The molecule has 0 aliphatic rings. The lowest BCUT2D eigenvalue weighted by Crippen LogP contribution is -2.16. The maximum atomic E-state index is 6.06. The quantitative estimate of drug-likeness (QED) is 0.807. The number of rotatable bonds is 3. The first-order valence-corrected chi connectivity index (χ1v) is 6.09. The molecule has 7 heteroatoms. The molecule has 0 aliphatic heterocycles. The van der Waals surface area contributed by atoms with Crippen molar-refractivity contribution in [3.63, 3.8) is 0 Å². The van der Waals surface area contributed by atoms with Gasteiger partial charge in [-0.15, -0.1) is 0 Å². The van der Waals surface area contributed by atoms with Gasteiger partial charge in [0.15, 0.2) is 5.82 Å². The van der Waals surface area contributed by atoms with E-state index < -0.39 is 0 Å². The minimum atomic E-state index is 0.184. The summed E-state index contributed by atoms with van der Waals surface area (Å²) in [5.74, 6) is 7.91. The second-order valence-electron chi connectivity index (χ2n) is 4.82. The SMILES string of the molecule is COc1c(-c2nc(C(C)C)n(N)c2N)c(C)nn1C. The normalized spacial score (nSPS) is 11.3. The third-order valence-electron chi connectivity index (χ3n) is 3.09. The van der Waals surface area contributed by atoms with Gasteiger partial charge < -0.3 is 16.3 Å². The molecule has 2 rings (SSSR count). The molecule has 19 heavy (non-hydrogen) atoms. The molecule has 0 fully saturated rings. The zero-order chi connectivity index (χ0) is 14.3. The van der Waals surface area contributed by atoms with Gasteiger partial charge in [0, 0.05) is 13.0 Å². The van der Waals surface area contributed by atoms with Crippen molar-refractivity contribution in [1.82, 2.24) is 19.4 Å². The summed E-state index contributed by atoms with van der Waals surface area (Å²) in [5, 5.41) is 4.33. The van der Waals surface area contributed by atoms with E-state index in [1.165, 1.54) is 4.68 Å². The third-order valence-corrected chi connectivity index (χ3v) is 3.09. The average Bonchev–Trinajstić information content (AvgIpc) is 2.78. The van der Waals surface area contributed by atoms with Crippen LogP contribution in [0.4, 0.5) is 5.82 Å². The average molecular weight is 264 g/mol.